The molecule has 3 nitrogen and oxygen atoms in total. The summed E-state index contributed by atoms with van der Waals surface area (Å²) in [7, 11) is 0. The number of hydrogen-bond donors (Lipinski definition) is 0. The van der Waals surface area contributed by atoms with E-state index in [-0.39, 0.29) is 5.15 Å². The van der Waals surface area contributed by atoms with Gasteiger partial charge < -0.3 is 4.74 Å². The lowest BCUT2D eigenvalue weighted by Crippen LogP contribution is -1.88. The molecule has 5 heteroatoms. The van der Waals surface area contributed by atoms with Gasteiger partial charge in [-0.3, -0.25) is 0 Å². The van der Waals surface area contributed by atoms with Gasteiger partial charge in [-0.25, -0.2) is 0 Å². The van der Waals surface area contributed by atoms with Crippen LogP contribution in [0, 0.1) is 0 Å². The highest BCUT2D eigenvalue weighted by molar-refractivity contribution is 6.99. The molecule has 3 rings (SSSR count). The maximum absolute atomic E-state index is 5.90. The lowest BCUT2D eigenvalue weighted by molar-refractivity contribution is 0.470. The van der Waals surface area contributed by atoms with E-state index in [1.54, 1.807) is 0 Å². The number of rotatable bonds is 3. The molecule has 0 saturated carbocycles. The molecule has 0 fully saturated rings. The van der Waals surface area contributed by atoms with Gasteiger partial charge in [-0.15, -0.1) is 4.37 Å². The molecule has 2 aromatic carbocycles. The fourth-order valence-corrected chi connectivity index (χ4v) is 2.36. The second-order valence-corrected chi connectivity index (χ2v) is 4.71. The van der Waals surface area contributed by atoms with E-state index in [0.29, 0.717) is 11.6 Å². The molecule has 94 valence electrons. The van der Waals surface area contributed by atoms with Crippen LogP contribution in [-0.4, -0.2) is 8.75 Å². The van der Waals surface area contributed by atoms with Gasteiger partial charge in [-0.2, -0.15) is 4.37 Å². The molecule has 0 unspecified atom stereocenters. The monoisotopic (exact) mass is 288 g/mol. The fraction of sp³-hybridized carbons (Fsp3) is 0. The predicted molar refractivity (Wildman–Crippen MR) is 76.9 cm³/mol. The molecule has 3 aromatic rings. The van der Waals surface area contributed by atoms with Crippen molar-refractivity contribution in [2.45, 2.75) is 0 Å². The number of para-hydroxylation sites is 1. The molecule has 0 spiro atoms. The zero-order valence-corrected chi connectivity index (χ0v) is 11.4. The minimum absolute atomic E-state index is 0.285. The number of ether oxygens (including phenoxy) is 1. The molecule has 0 atom stereocenters. The zero-order chi connectivity index (χ0) is 13.1. The topological polar surface area (TPSA) is 35.0 Å². The Hall–Kier alpha value is -1.91. The molecule has 0 radical (unpaired) electrons. The third kappa shape index (κ3) is 2.59. The van der Waals surface area contributed by atoms with Crippen molar-refractivity contribution in [3.63, 3.8) is 0 Å². The number of nitrogens with zero attached hydrogens (tertiary/aromatic N) is 2. The maximum Gasteiger partial charge on any atom is 0.270 e. The van der Waals surface area contributed by atoms with Gasteiger partial charge >= 0.3 is 0 Å². The van der Waals surface area contributed by atoms with Crippen LogP contribution in [0.25, 0.3) is 11.1 Å². The molecule has 1 aromatic heterocycles. The van der Waals surface area contributed by atoms with Gasteiger partial charge in [0.05, 0.1) is 11.7 Å². The zero-order valence-electron chi connectivity index (χ0n) is 9.79. The van der Waals surface area contributed by atoms with Gasteiger partial charge in [0.2, 0.25) is 5.15 Å². The number of benzene rings is 2. The molecule has 0 aliphatic rings. The molecule has 0 N–H and O–H groups in total. The third-order valence-corrected chi connectivity index (χ3v) is 3.46. The van der Waals surface area contributed by atoms with Crippen LogP contribution in [0.1, 0.15) is 0 Å². The fourth-order valence-electron chi connectivity index (χ4n) is 1.75. The van der Waals surface area contributed by atoms with Gasteiger partial charge in [0, 0.05) is 5.56 Å². The van der Waals surface area contributed by atoms with Crippen molar-refractivity contribution in [2.75, 3.05) is 0 Å². The summed E-state index contributed by atoms with van der Waals surface area (Å²) in [6.45, 7) is 0. The van der Waals surface area contributed by atoms with E-state index >= 15 is 0 Å². The van der Waals surface area contributed by atoms with Crippen molar-refractivity contribution >= 4 is 23.3 Å². The minimum Gasteiger partial charge on any atom is -0.435 e. The van der Waals surface area contributed by atoms with Crippen LogP contribution < -0.4 is 4.74 Å². The summed E-state index contributed by atoms with van der Waals surface area (Å²) < 4.78 is 13.6. The number of halogens is 1. The molecule has 0 saturated heterocycles. The van der Waals surface area contributed by atoms with Crippen LogP contribution in [0.3, 0.4) is 0 Å². The highest BCUT2D eigenvalue weighted by atomic mass is 35.5. The van der Waals surface area contributed by atoms with Gasteiger partial charge in [-0.1, -0.05) is 60.1 Å². The minimum atomic E-state index is 0.285. The molecule has 0 aliphatic heterocycles. The summed E-state index contributed by atoms with van der Waals surface area (Å²) in [5, 5.41) is 0.285. The SMILES string of the molecule is Clc1nsnc1Oc1ccccc1-c1ccccc1. The van der Waals surface area contributed by atoms with Crippen molar-refractivity contribution in [1.29, 1.82) is 0 Å². The van der Waals surface area contributed by atoms with E-state index in [9.17, 15) is 0 Å². The Morgan fingerprint density at radius 2 is 1.63 bits per heavy atom. The second-order valence-electron chi connectivity index (χ2n) is 3.82. The van der Waals surface area contributed by atoms with Crippen molar-refractivity contribution in [1.82, 2.24) is 8.75 Å². The first-order valence-corrected chi connectivity index (χ1v) is 6.76. The first-order chi connectivity index (χ1) is 9.34. The van der Waals surface area contributed by atoms with Crippen molar-refractivity contribution in [2.24, 2.45) is 0 Å². The lowest BCUT2D eigenvalue weighted by atomic mass is 10.1. The van der Waals surface area contributed by atoms with Gasteiger partial charge in [0.15, 0.2) is 0 Å². The van der Waals surface area contributed by atoms with Crippen LogP contribution in [0.15, 0.2) is 54.6 Å². The highest BCUT2D eigenvalue weighted by Crippen LogP contribution is 2.34. The highest BCUT2D eigenvalue weighted by Gasteiger charge is 2.11. The van der Waals surface area contributed by atoms with E-state index in [2.05, 4.69) is 8.75 Å². The van der Waals surface area contributed by atoms with Crippen LogP contribution in [-0.2, 0) is 0 Å². The molecule has 0 bridgehead atoms. The van der Waals surface area contributed by atoms with E-state index < -0.39 is 0 Å². The summed E-state index contributed by atoms with van der Waals surface area (Å²) in [6.07, 6.45) is 0. The molecule has 0 amide bonds. The summed E-state index contributed by atoms with van der Waals surface area (Å²) >= 11 is 6.93. The normalized spacial score (nSPS) is 10.4. The molecular formula is C14H9ClN2OS. The Kier molecular flexibility index (Phi) is 3.44. The molecule has 1 heterocycles. The van der Waals surface area contributed by atoms with Crippen LogP contribution >= 0.6 is 23.3 Å². The van der Waals surface area contributed by atoms with Crippen molar-refractivity contribution < 1.29 is 4.74 Å². The van der Waals surface area contributed by atoms with Crippen LogP contribution in [0.5, 0.6) is 11.6 Å². The summed E-state index contributed by atoms with van der Waals surface area (Å²) in [6, 6.07) is 17.8. The maximum atomic E-state index is 5.90. The Morgan fingerprint density at radius 3 is 2.37 bits per heavy atom. The Morgan fingerprint density at radius 1 is 0.895 bits per heavy atom. The second kappa shape index (κ2) is 5.38. The average molecular weight is 289 g/mol. The van der Waals surface area contributed by atoms with Crippen molar-refractivity contribution in [3.8, 4) is 22.8 Å². The number of aromatic nitrogens is 2. The quantitative estimate of drug-likeness (QED) is 0.703. The van der Waals surface area contributed by atoms with Gasteiger partial charge in [0.25, 0.3) is 5.88 Å². The first-order valence-electron chi connectivity index (χ1n) is 5.65. The Labute approximate surface area is 119 Å². The van der Waals surface area contributed by atoms with E-state index in [4.69, 9.17) is 16.3 Å². The summed E-state index contributed by atoms with van der Waals surface area (Å²) in [5.41, 5.74) is 2.07. The molecule has 0 aliphatic carbocycles. The standard InChI is InChI=1S/C14H9ClN2OS/c15-13-14(17-19-16-13)18-12-9-5-4-8-11(12)10-6-2-1-3-7-10/h1-9H. The number of hydrogen-bond acceptors (Lipinski definition) is 4. The van der Waals surface area contributed by atoms with Crippen LogP contribution in [0.4, 0.5) is 0 Å². The van der Waals surface area contributed by atoms with E-state index in [1.165, 1.54) is 0 Å². The molecular weight excluding hydrogens is 280 g/mol. The average Bonchev–Trinajstić information content (AvgIpc) is 2.86. The summed E-state index contributed by atoms with van der Waals surface area (Å²) in [5.74, 6) is 1.05. The lowest BCUT2D eigenvalue weighted by Gasteiger charge is -2.09. The summed E-state index contributed by atoms with van der Waals surface area (Å²) in [4.78, 5) is 0. The van der Waals surface area contributed by atoms with E-state index in [0.717, 1.165) is 22.9 Å². The van der Waals surface area contributed by atoms with E-state index in [1.807, 2.05) is 54.6 Å². The van der Waals surface area contributed by atoms with Crippen LogP contribution in [0.2, 0.25) is 5.15 Å². The van der Waals surface area contributed by atoms with Crippen molar-refractivity contribution in [3.05, 3.63) is 59.8 Å². The smallest absolute Gasteiger partial charge is 0.270 e. The Balaban J connectivity index is 2.01. The first kappa shape index (κ1) is 12.1. The Bertz CT molecular complexity index is 685. The largest absolute Gasteiger partial charge is 0.435 e. The van der Waals surface area contributed by atoms with Gasteiger partial charge in [-0.05, 0) is 11.6 Å². The predicted octanol–water partition coefficient (Wildman–Crippen LogP) is 4.65. The molecule has 19 heavy (non-hydrogen) atoms. The van der Waals surface area contributed by atoms with Gasteiger partial charge in [0.1, 0.15) is 5.75 Å². The third-order valence-electron chi connectivity index (χ3n) is 2.60.